The van der Waals surface area contributed by atoms with Crippen LogP contribution in [0.2, 0.25) is 5.02 Å². The number of nitro groups is 1. The van der Waals surface area contributed by atoms with Crippen LogP contribution in [0.25, 0.3) is 0 Å². The van der Waals surface area contributed by atoms with Crippen LogP contribution >= 0.6 is 24.0 Å². The Kier molecular flexibility index (Phi) is 6.82. The summed E-state index contributed by atoms with van der Waals surface area (Å²) >= 11 is 6.28. The maximum atomic E-state index is 13.3. The van der Waals surface area contributed by atoms with Crippen molar-refractivity contribution < 1.29 is 13.3 Å². The summed E-state index contributed by atoms with van der Waals surface area (Å²) in [4.78, 5) is 10.4. The standard InChI is InChI=1S/C17H18ClN3O4S.ClH/c1-12-10-13(21(22)23)6-7-17(12)26(24,25)20-9-8-19-11-16(20)14-4-2-3-5-15(14)18;/h2-7,10,16,19H,8-9,11H2,1H3;1H. The number of piperazine rings is 1. The first-order chi connectivity index (χ1) is 12.3. The van der Waals surface area contributed by atoms with Crippen molar-refractivity contribution >= 4 is 39.7 Å². The van der Waals surface area contributed by atoms with Gasteiger partial charge in [0.2, 0.25) is 10.0 Å². The smallest absolute Gasteiger partial charge is 0.269 e. The summed E-state index contributed by atoms with van der Waals surface area (Å²) in [7, 11) is -3.84. The van der Waals surface area contributed by atoms with Crippen LogP contribution in [0, 0.1) is 17.0 Å². The van der Waals surface area contributed by atoms with E-state index >= 15 is 0 Å². The Balaban J connectivity index is 0.00000261. The molecule has 0 bridgehead atoms. The number of halogens is 2. The summed E-state index contributed by atoms with van der Waals surface area (Å²) in [6.07, 6.45) is 0. The molecule has 146 valence electrons. The molecule has 1 unspecified atom stereocenters. The molecule has 0 spiro atoms. The molecule has 1 N–H and O–H groups in total. The van der Waals surface area contributed by atoms with Crippen molar-refractivity contribution in [1.82, 2.24) is 9.62 Å². The third-order valence-corrected chi connectivity index (χ3v) is 6.83. The zero-order valence-electron chi connectivity index (χ0n) is 14.5. The number of aryl methyl sites for hydroxylation is 1. The zero-order chi connectivity index (χ0) is 18.9. The highest BCUT2D eigenvalue weighted by molar-refractivity contribution is 7.89. The number of nitro benzene ring substituents is 1. The molecule has 1 aliphatic heterocycles. The average Bonchev–Trinajstić information content (AvgIpc) is 2.61. The highest BCUT2D eigenvalue weighted by Crippen LogP contribution is 2.34. The van der Waals surface area contributed by atoms with Gasteiger partial charge in [-0.15, -0.1) is 12.4 Å². The molecule has 2 aromatic carbocycles. The van der Waals surface area contributed by atoms with Gasteiger partial charge >= 0.3 is 0 Å². The Morgan fingerprint density at radius 2 is 1.96 bits per heavy atom. The topological polar surface area (TPSA) is 92.5 Å². The van der Waals surface area contributed by atoms with Crippen LogP contribution in [0.1, 0.15) is 17.2 Å². The normalized spacial score (nSPS) is 17.9. The van der Waals surface area contributed by atoms with Crippen LogP contribution < -0.4 is 5.32 Å². The van der Waals surface area contributed by atoms with Gasteiger partial charge in [0.15, 0.2) is 0 Å². The van der Waals surface area contributed by atoms with E-state index in [1.165, 1.54) is 22.5 Å². The van der Waals surface area contributed by atoms with Gasteiger partial charge in [-0.3, -0.25) is 10.1 Å². The van der Waals surface area contributed by atoms with Crippen LogP contribution in [0.3, 0.4) is 0 Å². The zero-order valence-corrected chi connectivity index (χ0v) is 16.9. The number of nitrogens with zero attached hydrogens (tertiary/aromatic N) is 2. The molecule has 0 saturated carbocycles. The van der Waals surface area contributed by atoms with Crippen LogP contribution in [0.5, 0.6) is 0 Å². The van der Waals surface area contributed by atoms with Gasteiger partial charge in [0.1, 0.15) is 0 Å². The lowest BCUT2D eigenvalue weighted by Crippen LogP contribution is -2.48. The second-order valence-corrected chi connectivity index (χ2v) is 8.33. The lowest BCUT2D eigenvalue weighted by molar-refractivity contribution is -0.385. The number of hydrogen-bond donors (Lipinski definition) is 1. The molecular weight excluding hydrogens is 413 g/mol. The molecule has 3 rings (SSSR count). The molecule has 1 atom stereocenters. The van der Waals surface area contributed by atoms with E-state index in [1.54, 1.807) is 19.1 Å². The minimum absolute atomic E-state index is 0. The van der Waals surface area contributed by atoms with Crippen molar-refractivity contribution in [1.29, 1.82) is 0 Å². The summed E-state index contributed by atoms with van der Waals surface area (Å²) in [6, 6.07) is 10.5. The Morgan fingerprint density at radius 1 is 1.26 bits per heavy atom. The number of nitrogens with one attached hydrogen (secondary N) is 1. The quantitative estimate of drug-likeness (QED) is 0.591. The molecule has 10 heteroatoms. The van der Waals surface area contributed by atoms with Crippen LogP contribution in [0.4, 0.5) is 5.69 Å². The van der Waals surface area contributed by atoms with E-state index in [9.17, 15) is 18.5 Å². The van der Waals surface area contributed by atoms with E-state index in [0.717, 1.165) is 5.56 Å². The molecule has 1 aliphatic rings. The Hall–Kier alpha value is -1.71. The number of sulfonamides is 1. The van der Waals surface area contributed by atoms with Crippen molar-refractivity contribution in [2.24, 2.45) is 0 Å². The van der Waals surface area contributed by atoms with Gasteiger partial charge < -0.3 is 5.32 Å². The lowest BCUT2D eigenvalue weighted by Gasteiger charge is -2.36. The van der Waals surface area contributed by atoms with Gasteiger partial charge in [0, 0.05) is 36.8 Å². The van der Waals surface area contributed by atoms with E-state index in [-0.39, 0.29) is 29.5 Å². The first-order valence-corrected chi connectivity index (χ1v) is 9.86. The molecule has 0 radical (unpaired) electrons. The number of hydrogen-bond acceptors (Lipinski definition) is 5. The summed E-state index contributed by atoms with van der Waals surface area (Å²) in [5, 5.41) is 14.6. The summed E-state index contributed by atoms with van der Waals surface area (Å²) in [6.45, 7) is 2.81. The van der Waals surface area contributed by atoms with Crippen molar-refractivity contribution in [3.8, 4) is 0 Å². The molecular formula is C17H19Cl2N3O4S. The van der Waals surface area contributed by atoms with Crippen molar-refractivity contribution in [2.45, 2.75) is 17.9 Å². The van der Waals surface area contributed by atoms with E-state index in [0.29, 0.717) is 23.7 Å². The van der Waals surface area contributed by atoms with E-state index in [2.05, 4.69) is 5.32 Å². The number of benzene rings is 2. The first kappa shape index (κ1) is 21.6. The maximum Gasteiger partial charge on any atom is 0.269 e. The molecule has 0 aliphatic carbocycles. The summed E-state index contributed by atoms with van der Waals surface area (Å²) in [5.41, 5.74) is 0.935. The lowest BCUT2D eigenvalue weighted by atomic mass is 10.1. The van der Waals surface area contributed by atoms with Gasteiger partial charge in [-0.05, 0) is 30.2 Å². The molecule has 0 amide bonds. The van der Waals surface area contributed by atoms with Crippen LogP contribution in [0.15, 0.2) is 47.4 Å². The largest absolute Gasteiger partial charge is 0.313 e. The third-order valence-electron chi connectivity index (χ3n) is 4.41. The molecule has 1 saturated heterocycles. The maximum absolute atomic E-state index is 13.3. The van der Waals surface area contributed by atoms with Crippen molar-refractivity contribution in [3.63, 3.8) is 0 Å². The summed E-state index contributed by atoms with van der Waals surface area (Å²) < 4.78 is 28.0. The Morgan fingerprint density at radius 3 is 2.59 bits per heavy atom. The SMILES string of the molecule is Cc1cc([N+](=O)[O-])ccc1S(=O)(=O)N1CCNCC1c1ccccc1Cl.Cl. The number of rotatable bonds is 4. The second-order valence-electron chi connectivity index (χ2n) is 6.06. The highest BCUT2D eigenvalue weighted by Gasteiger charge is 2.36. The Labute approximate surface area is 168 Å². The van der Waals surface area contributed by atoms with Gasteiger partial charge in [-0.1, -0.05) is 29.8 Å². The number of non-ortho nitro benzene ring substituents is 1. The molecule has 0 aromatic heterocycles. The predicted octanol–water partition coefficient (Wildman–Crippen LogP) is 3.31. The average molecular weight is 432 g/mol. The fourth-order valence-corrected chi connectivity index (χ4v) is 5.22. The van der Waals surface area contributed by atoms with Gasteiger partial charge in [-0.25, -0.2) is 8.42 Å². The van der Waals surface area contributed by atoms with Crippen LogP contribution in [-0.2, 0) is 10.0 Å². The van der Waals surface area contributed by atoms with E-state index in [4.69, 9.17) is 11.6 Å². The molecule has 7 nitrogen and oxygen atoms in total. The molecule has 1 fully saturated rings. The minimum atomic E-state index is -3.84. The second kappa shape index (κ2) is 8.53. The minimum Gasteiger partial charge on any atom is -0.313 e. The Bertz CT molecular complexity index is 953. The first-order valence-electron chi connectivity index (χ1n) is 8.04. The monoisotopic (exact) mass is 431 g/mol. The summed E-state index contributed by atoms with van der Waals surface area (Å²) in [5.74, 6) is 0. The van der Waals surface area contributed by atoms with Crippen molar-refractivity contribution in [3.05, 3.63) is 68.7 Å². The van der Waals surface area contributed by atoms with E-state index in [1.807, 2.05) is 12.1 Å². The van der Waals surface area contributed by atoms with Crippen LogP contribution in [-0.4, -0.2) is 37.3 Å². The fraction of sp³-hybridized carbons (Fsp3) is 0.294. The van der Waals surface area contributed by atoms with Gasteiger partial charge in [-0.2, -0.15) is 4.31 Å². The van der Waals surface area contributed by atoms with Crippen molar-refractivity contribution in [2.75, 3.05) is 19.6 Å². The predicted molar refractivity (Wildman–Crippen MR) is 106 cm³/mol. The molecule has 27 heavy (non-hydrogen) atoms. The molecule has 2 aromatic rings. The third kappa shape index (κ3) is 4.25. The van der Waals surface area contributed by atoms with E-state index < -0.39 is 21.0 Å². The molecule has 1 heterocycles. The highest BCUT2D eigenvalue weighted by atomic mass is 35.5. The fourth-order valence-electron chi connectivity index (χ4n) is 3.15. The van der Waals surface area contributed by atoms with Gasteiger partial charge in [0.05, 0.1) is 15.9 Å². The van der Waals surface area contributed by atoms with Gasteiger partial charge in [0.25, 0.3) is 5.69 Å².